The van der Waals surface area contributed by atoms with Crippen molar-refractivity contribution in [3.63, 3.8) is 0 Å². The number of hydrogen-bond acceptors (Lipinski definition) is 5. The number of rotatable bonds is 3. The van der Waals surface area contributed by atoms with E-state index >= 15 is 0 Å². The van der Waals surface area contributed by atoms with Gasteiger partial charge in [0, 0.05) is 51.9 Å². The maximum Gasteiger partial charge on any atom is 0.291 e. The predicted octanol–water partition coefficient (Wildman–Crippen LogP) is 2.73. The number of likely N-dealkylation sites (tertiary alicyclic amines) is 2. The Labute approximate surface area is 164 Å². The third-order valence-corrected chi connectivity index (χ3v) is 6.08. The van der Waals surface area contributed by atoms with Crippen LogP contribution in [0.5, 0.6) is 0 Å². The molecular formula is C21H26N4O3. The van der Waals surface area contributed by atoms with E-state index in [1.54, 1.807) is 26.2 Å². The number of aromatic nitrogens is 2. The molecule has 2 fully saturated rings. The Morgan fingerprint density at radius 2 is 1.89 bits per heavy atom. The van der Waals surface area contributed by atoms with Crippen molar-refractivity contribution in [1.29, 1.82) is 0 Å². The van der Waals surface area contributed by atoms with Gasteiger partial charge in [0.1, 0.15) is 0 Å². The zero-order valence-electron chi connectivity index (χ0n) is 16.5. The molecule has 2 aliphatic rings. The molecule has 0 aliphatic carbocycles. The second kappa shape index (κ2) is 7.37. The first kappa shape index (κ1) is 18.7. The second-order valence-electron chi connectivity index (χ2n) is 8.04. The Balaban J connectivity index is 1.41. The number of hydrogen-bond donors (Lipinski definition) is 0. The Morgan fingerprint density at radius 3 is 2.54 bits per heavy atom. The number of piperidine rings is 2. The SMILES string of the molecule is Cc1nc(C)c(C(=O)N2CCC3(CCC(=O)N(Cc4ccncc4)C3)CC2)o1. The van der Waals surface area contributed by atoms with Crippen molar-refractivity contribution in [2.45, 2.75) is 46.1 Å². The predicted molar refractivity (Wildman–Crippen MR) is 102 cm³/mol. The molecule has 0 N–H and O–H groups in total. The van der Waals surface area contributed by atoms with Gasteiger partial charge in [-0.25, -0.2) is 4.98 Å². The van der Waals surface area contributed by atoms with Crippen molar-refractivity contribution < 1.29 is 14.0 Å². The molecule has 4 heterocycles. The average Bonchev–Trinajstić information content (AvgIpc) is 3.04. The Morgan fingerprint density at radius 1 is 1.18 bits per heavy atom. The lowest BCUT2D eigenvalue weighted by Gasteiger charge is -2.47. The van der Waals surface area contributed by atoms with Gasteiger partial charge in [0.2, 0.25) is 11.7 Å². The molecule has 7 heteroatoms. The minimum Gasteiger partial charge on any atom is -0.436 e. The molecule has 2 saturated heterocycles. The van der Waals surface area contributed by atoms with E-state index < -0.39 is 0 Å². The minimum atomic E-state index is -0.0755. The normalized spacial score (nSPS) is 19.3. The molecular weight excluding hydrogens is 356 g/mol. The van der Waals surface area contributed by atoms with Crippen molar-refractivity contribution >= 4 is 11.8 Å². The molecule has 0 bridgehead atoms. The molecule has 4 rings (SSSR count). The van der Waals surface area contributed by atoms with Gasteiger partial charge in [-0.05, 0) is 49.3 Å². The van der Waals surface area contributed by atoms with Crippen LogP contribution < -0.4 is 0 Å². The summed E-state index contributed by atoms with van der Waals surface area (Å²) in [5.41, 5.74) is 1.85. The number of amides is 2. The maximum atomic E-state index is 12.8. The number of oxazole rings is 1. The zero-order valence-corrected chi connectivity index (χ0v) is 16.5. The molecule has 1 spiro atoms. The van der Waals surface area contributed by atoms with Crippen LogP contribution in [0.25, 0.3) is 0 Å². The number of carbonyl (C=O) groups excluding carboxylic acids is 2. The average molecular weight is 382 g/mol. The van der Waals surface area contributed by atoms with Gasteiger partial charge in [-0.1, -0.05) is 0 Å². The first-order chi connectivity index (χ1) is 13.5. The van der Waals surface area contributed by atoms with E-state index in [0.717, 1.165) is 31.4 Å². The minimum absolute atomic E-state index is 0.0755. The van der Waals surface area contributed by atoms with Crippen molar-refractivity contribution in [3.05, 3.63) is 47.4 Å². The number of pyridine rings is 1. The zero-order chi connectivity index (χ0) is 19.7. The van der Waals surface area contributed by atoms with E-state index in [9.17, 15) is 9.59 Å². The van der Waals surface area contributed by atoms with Gasteiger partial charge in [0.15, 0.2) is 5.89 Å². The molecule has 0 aromatic carbocycles. The molecule has 0 radical (unpaired) electrons. The maximum absolute atomic E-state index is 12.8. The number of nitrogens with zero attached hydrogens (tertiary/aromatic N) is 4. The first-order valence-electron chi connectivity index (χ1n) is 9.86. The fourth-order valence-corrected chi connectivity index (χ4v) is 4.42. The van der Waals surface area contributed by atoms with Crippen LogP contribution >= 0.6 is 0 Å². The van der Waals surface area contributed by atoms with Gasteiger partial charge in [0.05, 0.1) is 5.69 Å². The van der Waals surface area contributed by atoms with E-state index in [1.165, 1.54) is 0 Å². The van der Waals surface area contributed by atoms with Gasteiger partial charge in [-0.2, -0.15) is 0 Å². The lowest BCUT2D eigenvalue weighted by molar-refractivity contribution is -0.139. The molecule has 2 aliphatic heterocycles. The fraction of sp³-hybridized carbons (Fsp3) is 0.524. The third kappa shape index (κ3) is 3.66. The molecule has 2 amide bonds. The van der Waals surface area contributed by atoms with Gasteiger partial charge >= 0.3 is 0 Å². The van der Waals surface area contributed by atoms with Crippen molar-refractivity contribution in [2.75, 3.05) is 19.6 Å². The van der Waals surface area contributed by atoms with Crippen molar-refractivity contribution in [2.24, 2.45) is 5.41 Å². The highest BCUT2D eigenvalue weighted by atomic mass is 16.4. The molecule has 2 aromatic heterocycles. The Kier molecular flexibility index (Phi) is 4.91. The van der Waals surface area contributed by atoms with Crippen LogP contribution in [0, 0.1) is 19.3 Å². The summed E-state index contributed by atoms with van der Waals surface area (Å²) in [7, 11) is 0. The molecule has 0 atom stereocenters. The van der Waals surface area contributed by atoms with Gasteiger partial charge in [0.25, 0.3) is 5.91 Å². The van der Waals surface area contributed by atoms with Crippen molar-refractivity contribution in [3.8, 4) is 0 Å². The van der Waals surface area contributed by atoms with Crippen LogP contribution in [0.2, 0.25) is 0 Å². The summed E-state index contributed by atoms with van der Waals surface area (Å²) < 4.78 is 5.50. The summed E-state index contributed by atoms with van der Waals surface area (Å²) in [6, 6.07) is 3.91. The van der Waals surface area contributed by atoms with Crippen LogP contribution in [0.15, 0.2) is 28.9 Å². The number of aryl methyl sites for hydroxylation is 2. The van der Waals surface area contributed by atoms with E-state index in [4.69, 9.17) is 4.42 Å². The second-order valence-corrected chi connectivity index (χ2v) is 8.04. The summed E-state index contributed by atoms with van der Waals surface area (Å²) >= 11 is 0. The van der Waals surface area contributed by atoms with Crippen LogP contribution in [0.1, 0.15) is 53.4 Å². The highest BCUT2D eigenvalue weighted by Crippen LogP contribution is 2.41. The summed E-state index contributed by atoms with van der Waals surface area (Å²) in [6.45, 7) is 6.33. The summed E-state index contributed by atoms with van der Waals surface area (Å²) in [6.07, 6.45) is 6.82. The standard InChI is InChI=1S/C21H26N4O3/c1-15-19(28-16(2)23-15)20(27)24-11-7-21(8-12-24)6-3-18(26)25(14-21)13-17-4-9-22-10-5-17/h4-5,9-10H,3,6-8,11-14H2,1-2H3. The Hall–Kier alpha value is -2.70. The summed E-state index contributed by atoms with van der Waals surface area (Å²) in [4.78, 5) is 37.3. The van der Waals surface area contributed by atoms with Crippen LogP contribution in [0.3, 0.4) is 0 Å². The topological polar surface area (TPSA) is 79.5 Å². The summed E-state index contributed by atoms with van der Waals surface area (Å²) in [5.74, 6) is 1.01. The van der Waals surface area contributed by atoms with E-state index in [2.05, 4.69) is 9.97 Å². The highest BCUT2D eigenvalue weighted by Gasteiger charge is 2.42. The molecule has 2 aromatic rings. The largest absolute Gasteiger partial charge is 0.436 e. The van der Waals surface area contributed by atoms with Crippen LogP contribution in [-0.2, 0) is 11.3 Å². The van der Waals surface area contributed by atoms with Gasteiger partial charge < -0.3 is 14.2 Å². The molecule has 0 unspecified atom stereocenters. The van der Waals surface area contributed by atoms with E-state index in [0.29, 0.717) is 43.4 Å². The molecule has 28 heavy (non-hydrogen) atoms. The lowest BCUT2D eigenvalue weighted by Crippen LogP contribution is -2.52. The van der Waals surface area contributed by atoms with E-state index in [1.807, 2.05) is 21.9 Å². The quantitative estimate of drug-likeness (QED) is 0.815. The summed E-state index contributed by atoms with van der Waals surface area (Å²) in [5, 5.41) is 0. The number of carbonyl (C=O) groups is 2. The molecule has 148 valence electrons. The van der Waals surface area contributed by atoms with Gasteiger partial charge in [-0.15, -0.1) is 0 Å². The monoisotopic (exact) mass is 382 g/mol. The third-order valence-electron chi connectivity index (χ3n) is 6.08. The lowest BCUT2D eigenvalue weighted by atomic mass is 9.72. The van der Waals surface area contributed by atoms with E-state index in [-0.39, 0.29) is 17.2 Å². The van der Waals surface area contributed by atoms with Crippen LogP contribution in [-0.4, -0.2) is 51.2 Å². The molecule has 0 saturated carbocycles. The van der Waals surface area contributed by atoms with Gasteiger partial charge in [-0.3, -0.25) is 14.6 Å². The smallest absolute Gasteiger partial charge is 0.291 e. The Bertz CT molecular complexity index is 869. The van der Waals surface area contributed by atoms with Crippen molar-refractivity contribution in [1.82, 2.24) is 19.8 Å². The van der Waals surface area contributed by atoms with Crippen LogP contribution in [0.4, 0.5) is 0 Å². The highest BCUT2D eigenvalue weighted by molar-refractivity contribution is 5.92. The first-order valence-corrected chi connectivity index (χ1v) is 9.86. The fourth-order valence-electron chi connectivity index (χ4n) is 4.42. The molecule has 7 nitrogen and oxygen atoms in total.